The molecule has 2 heterocycles. The normalized spacial score (nSPS) is 24.5. The summed E-state index contributed by atoms with van der Waals surface area (Å²) in [5, 5.41) is 4.47. The molecule has 0 amide bonds. The zero-order valence-electron chi connectivity index (χ0n) is 18.4. The van der Waals surface area contributed by atoms with Gasteiger partial charge in [0.05, 0.1) is 42.4 Å². The first kappa shape index (κ1) is 25.4. The number of halogens is 1. The van der Waals surface area contributed by atoms with E-state index in [-0.39, 0.29) is 12.0 Å². The van der Waals surface area contributed by atoms with E-state index in [2.05, 4.69) is 51.7 Å². The van der Waals surface area contributed by atoms with Gasteiger partial charge in [0.1, 0.15) is 11.5 Å². The molecule has 0 bridgehead atoms. The molecule has 33 heavy (non-hydrogen) atoms. The van der Waals surface area contributed by atoms with Gasteiger partial charge >= 0.3 is 0 Å². The summed E-state index contributed by atoms with van der Waals surface area (Å²) in [6, 6.07) is 12.2. The molecule has 6 nitrogen and oxygen atoms in total. The summed E-state index contributed by atoms with van der Waals surface area (Å²) >= 11 is 8.97. The minimum atomic E-state index is -0.494. The van der Waals surface area contributed by atoms with Crippen LogP contribution in [0.3, 0.4) is 0 Å². The van der Waals surface area contributed by atoms with Crippen LogP contribution in [0, 0.1) is 17.7 Å². The number of thiocarbonyl (C=S) groups is 2. The van der Waals surface area contributed by atoms with Gasteiger partial charge in [-0.2, -0.15) is 9.98 Å². The minimum absolute atomic E-state index is 0.174. The average Bonchev–Trinajstić information content (AvgIpc) is 2.83. The van der Waals surface area contributed by atoms with Crippen molar-refractivity contribution < 1.29 is 23.3 Å². The number of hydrogen-bond acceptors (Lipinski definition) is 8. The topological polar surface area (TPSA) is 61.6 Å². The Kier molecular flexibility index (Phi) is 9.94. The third kappa shape index (κ3) is 7.67. The average molecular weight is 489 g/mol. The summed E-state index contributed by atoms with van der Waals surface area (Å²) in [5.41, 5.74) is 2.63. The summed E-state index contributed by atoms with van der Waals surface area (Å²) < 4.78 is 35.7. The van der Waals surface area contributed by atoms with Crippen LogP contribution in [0.2, 0.25) is 0 Å². The van der Waals surface area contributed by atoms with Crippen molar-refractivity contribution in [3.63, 3.8) is 0 Å². The fraction of sp³-hybridized carbons (Fsp3) is 0.417. The van der Waals surface area contributed by atoms with Crippen LogP contribution in [-0.2, 0) is 18.9 Å². The van der Waals surface area contributed by atoms with Crippen LogP contribution in [0.15, 0.2) is 52.4 Å². The lowest BCUT2D eigenvalue weighted by Crippen LogP contribution is -2.25. The molecule has 2 aromatic carbocycles. The third-order valence-electron chi connectivity index (χ3n) is 4.88. The minimum Gasteiger partial charge on any atom is -0.348 e. The van der Waals surface area contributed by atoms with E-state index in [1.54, 1.807) is 6.07 Å². The Hall–Kier alpha value is -2.19. The van der Waals surface area contributed by atoms with Crippen LogP contribution in [0.5, 0.6) is 0 Å². The molecule has 2 aliphatic rings. The zero-order valence-corrected chi connectivity index (χ0v) is 20.0. The lowest BCUT2D eigenvalue weighted by Gasteiger charge is -2.27. The summed E-state index contributed by atoms with van der Waals surface area (Å²) in [5.74, 6) is 0.385. The predicted molar refractivity (Wildman–Crippen MR) is 130 cm³/mol. The molecule has 4 rings (SSSR count). The Balaban J connectivity index is 0.000000186. The van der Waals surface area contributed by atoms with Crippen molar-refractivity contribution in [1.82, 2.24) is 0 Å². The molecule has 0 N–H and O–H groups in total. The second-order valence-corrected chi connectivity index (χ2v) is 8.28. The third-order valence-corrected chi connectivity index (χ3v) is 5.06. The predicted octanol–water partition coefficient (Wildman–Crippen LogP) is 6.34. The van der Waals surface area contributed by atoms with Gasteiger partial charge in [-0.3, -0.25) is 0 Å². The molecule has 0 aromatic heterocycles. The fourth-order valence-corrected chi connectivity index (χ4v) is 3.36. The van der Waals surface area contributed by atoms with Gasteiger partial charge in [-0.25, -0.2) is 4.39 Å². The van der Waals surface area contributed by atoms with Crippen LogP contribution >= 0.6 is 24.4 Å². The molecule has 174 valence electrons. The fourth-order valence-electron chi connectivity index (χ4n) is 3.15. The summed E-state index contributed by atoms with van der Waals surface area (Å²) in [6.07, 6.45) is -0.743. The Morgan fingerprint density at radius 3 is 1.73 bits per heavy atom. The van der Waals surface area contributed by atoms with Crippen molar-refractivity contribution in [3.05, 3.63) is 59.4 Å². The van der Waals surface area contributed by atoms with E-state index >= 15 is 0 Å². The highest BCUT2D eigenvalue weighted by molar-refractivity contribution is 7.78. The van der Waals surface area contributed by atoms with E-state index in [9.17, 15) is 4.39 Å². The molecule has 0 spiro atoms. The molecule has 0 unspecified atom stereocenters. The van der Waals surface area contributed by atoms with Crippen molar-refractivity contribution in [2.24, 2.45) is 21.8 Å². The Bertz CT molecular complexity index is 1010. The molecule has 9 heteroatoms. The second-order valence-electron chi connectivity index (χ2n) is 7.92. The smallest absolute Gasteiger partial charge is 0.183 e. The molecule has 0 atom stereocenters. The van der Waals surface area contributed by atoms with Crippen LogP contribution < -0.4 is 0 Å². The highest BCUT2D eigenvalue weighted by atomic mass is 32.1. The SMILES string of the molecule is CC1COC(c2ccc(N=C=S)c(F)c2)OC1.CC1COC(c2ccc(N=C=S)cc2)OC1. The van der Waals surface area contributed by atoms with Crippen molar-refractivity contribution in [1.29, 1.82) is 0 Å². The van der Waals surface area contributed by atoms with Crippen molar-refractivity contribution in [2.75, 3.05) is 26.4 Å². The van der Waals surface area contributed by atoms with Gasteiger partial charge in [-0.05, 0) is 48.7 Å². The van der Waals surface area contributed by atoms with E-state index < -0.39 is 12.1 Å². The number of ether oxygens (including phenoxy) is 4. The lowest BCUT2D eigenvalue weighted by atomic mass is 10.1. The van der Waals surface area contributed by atoms with E-state index in [4.69, 9.17) is 18.9 Å². The van der Waals surface area contributed by atoms with Gasteiger partial charge in [0.15, 0.2) is 12.6 Å². The van der Waals surface area contributed by atoms with Crippen LogP contribution in [0.25, 0.3) is 0 Å². The molecule has 0 saturated carbocycles. The molecular formula is C24H25FN2O4S2. The number of benzene rings is 2. The van der Waals surface area contributed by atoms with Crippen molar-refractivity contribution >= 4 is 46.1 Å². The number of isothiocyanates is 2. The summed E-state index contributed by atoms with van der Waals surface area (Å²) in [6.45, 7) is 6.86. The van der Waals surface area contributed by atoms with E-state index in [1.165, 1.54) is 12.1 Å². The molecular weight excluding hydrogens is 463 g/mol. The first-order chi connectivity index (χ1) is 16.0. The maximum absolute atomic E-state index is 13.6. The number of aliphatic imine (C=N–C) groups is 2. The van der Waals surface area contributed by atoms with Gasteiger partial charge in [0.25, 0.3) is 0 Å². The quantitative estimate of drug-likeness (QED) is 0.369. The Morgan fingerprint density at radius 1 is 0.758 bits per heavy atom. The maximum atomic E-state index is 13.6. The summed E-state index contributed by atoms with van der Waals surface area (Å²) in [4.78, 5) is 7.50. The van der Waals surface area contributed by atoms with E-state index in [1.807, 2.05) is 31.2 Å². The number of rotatable bonds is 4. The highest BCUT2D eigenvalue weighted by Gasteiger charge is 2.22. The van der Waals surface area contributed by atoms with Crippen LogP contribution in [0.4, 0.5) is 15.8 Å². The standard InChI is InChI=1S/C12H12FNO2S.C12H13NO2S/c1-8-5-15-12(16-6-8)9-2-3-11(14-7-17)10(13)4-9;1-9-6-14-12(15-7-9)10-2-4-11(5-3-10)13-8-16/h2-4,8,12H,5-6H2,1H3;2-5,9,12H,6-7H2,1H3. The lowest BCUT2D eigenvalue weighted by molar-refractivity contribution is -0.202. The van der Waals surface area contributed by atoms with E-state index in [0.29, 0.717) is 30.6 Å². The zero-order chi connectivity index (χ0) is 23.6. The molecule has 2 aromatic rings. The van der Waals surface area contributed by atoms with Crippen molar-refractivity contribution in [2.45, 2.75) is 26.4 Å². The molecule has 2 saturated heterocycles. The van der Waals surface area contributed by atoms with Gasteiger partial charge in [0.2, 0.25) is 0 Å². The Labute approximate surface area is 203 Å². The monoisotopic (exact) mass is 488 g/mol. The molecule has 2 fully saturated rings. The maximum Gasteiger partial charge on any atom is 0.183 e. The van der Waals surface area contributed by atoms with Crippen molar-refractivity contribution in [3.8, 4) is 0 Å². The van der Waals surface area contributed by atoms with Gasteiger partial charge in [0, 0.05) is 23.0 Å². The van der Waals surface area contributed by atoms with Crippen LogP contribution in [-0.4, -0.2) is 36.8 Å². The number of nitrogens with zero attached hydrogens (tertiary/aromatic N) is 2. The van der Waals surface area contributed by atoms with Crippen LogP contribution in [0.1, 0.15) is 37.6 Å². The first-order valence-electron chi connectivity index (χ1n) is 10.5. The Morgan fingerprint density at radius 2 is 1.24 bits per heavy atom. The first-order valence-corrected chi connectivity index (χ1v) is 11.3. The van der Waals surface area contributed by atoms with Gasteiger partial charge in [-0.1, -0.05) is 32.0 Å². The molecule has 0 aliphatic carbocycles. The van der Waals surface area contributed by atoms with E-state index in [0.717, 1.165) is 24.5 Å². The van der Waals surface area contributed by atoms with Gasteiger partial charge in [-0.15, -0.1) is 0 Å². The largest absolute Gasteiger partial charge is 0.348 e. The second kappa shape index (κ2) is 12.9. The molecule has 2 aliphatic heterocycles. The van der Waals surface area contributed by atoms with Gasteiger partial charge < -0.3 is 18.9 Å². The molecule has 0 radical (unpaired) electrons. The highest BCUT2D eigenvalue weighted by Crippen LogP contribution is 2.28. The number of hydrogen-bond donors (Lipinski definition) is 0. The summed E-state index contributed by atoms with van der Waals surface area (Å²) in [7, 11) is 0.